The van der Waals surface area contributed by atoms with Crippen molar-refractivity contribution >= 4 is 78.5 Å². The number of benzene rings is 15. The first-order valence-corrected chi connectivity index (χ1v) is 39.5. The van der Waals surface area contributed by atoms with E-state index >= 15 is 28.8 Å². The summed E-state index contributed by atoms with van der Waals surface area (Å²) >= 11 is 0. The molecule has 2 aliphatic heterocycles. The number of carbonyl (C=O) groups is 6. The Morgan fingerprint density at radius 2 is 0.500 bits per heavy atom. The summed E-state index contributed by atoms with van der Waals surface area (Å²) in [6.07, 6.45) is -0.358. The van der Waals surface area contributed by atoms with E-state index in [0.717, 1.165) is 76.6 Å². The maximum atomic E-state index is 17.2. The number of carbonyl (C=O) groups excluding carboxylic acids is 6. The summed E-state index contributed by atoms with van der Waals surface area (Å²) < 4.78 is 30.0. The topological polar surface area (TPSA) is 193 Å². The van der Waals surface area contributed by atoms with Crippen LogP contribution in [0.5, 0.6) is 57.5 Å². The predicted octanol–water partition coefficient (Wildman–Crippen LogP) is 21.7. The molecule has 6 amide bonds. The fraction of sp³-hybridized carbons (Fsp3) is 0.157. The third-order valence-electron chi connectivity index (χ3n) is 22.1. The van der Waals surface area contributed by atoms with E-state index in [9.17, 15) is 10.2 Å². The number of ether oxygens (including phenoxy) is 4. The van der Waals surface area contributed by atoms with E-state index in [-0.39, 0.29) is 139 Å². The highest BCUT2D eigenvalue weighted by Crippen LogP contribution is 2.59. The van der Waals surface area contributed by atoms with Crippen LogP contribution >= 0.6 is 0 Å². The first-order chi connectivity index (χ1) is 57.0. The van der Waals surface area contributed by atoms with Crippen LogP contribution in [0.4, 0.5) is 0 Å². The van der Waals surface area contributed by atoms with Gasteiger partial charge < -0.3 is 39.0 Å². The summed E-state index contributed by atoms with van der Waals surface area (Å²) in [5.74, 6) is -2.70. The number of phenols is 2. The van der Waals surface area contributed by atoms with Crippen LogP contribution in [0.2, 0.25) is 0 Å². The first kappa shape index (κ1) is 76.3. The van der Waals surface area contributed by atoms with Crippen LogP contribution in [-0.4, -0.2) is 77.3 Å². The highest BCUT2D eigenvalue weighted by atomic mass is 16.5. The second-order valence-corrected chi connectivity index (χ2v) is 31.5. The van der Waals surface area contributed by atoms with E-state index < -0.39 is 47.5 Å². The summed E-state index contributed by atoms with van der Waals surface area (Å²) in [5, 5.41) is 23.5. The third kappa shape index (κ3) is 15.0. The number of phenolic OH excluding ortho intramolecular Hbond substituents is 2. The van der Waals surface area contributed by atoms with Gasteiger partial charge in [-0.1, -0.05) is 170 Å². The molecule has 15 aromatic rings. The monoisotopic (exact) mass is 1560 g/mol. The minimum absolute atomic E-state index is 0.0189. The highest BCUT2D eigenvalue weighted by Gasteiger charge is 2.48. The summed E-state index contributed by atoms with van der Waals surface area (Å²) in [4.78, 5) is 107. The van der Waals surface area contributed by atoms with Gasteiger partial charge in [0.2, 0.25) is 11.8 Å². The van der Waals surface area contributed by atoms with Gasteiger partial charge in [-0.2, -0.15) is 0 Å². The molecule has 0 spiro atoms. The van der Waals surface area contributed by atoms with Crippen molar-refractivity contribution in [3.8, 4) is 57.5 Å². The van der Waals surface area contributed by atoms with Gasteiger partial charge in [0.25, 0.3) is 23.6 Å². The van der Waals surface area contributed by atoms with Crippen LogP contribution < -0.4 is 18.9 Å². The molecular weight excluding hydrogens is 1470 g/mol. The lowest BCUT2D eigenvalue weighted by Gasteiger charge is -2.38. The van der Waals surface area contributed by atoms with Crippen LogP contribution in [0.1, 0.15) is 119 Å². The molecule has 2 unspecified atom stereocenters. The van der Waals surface area contributed by atoms with Gasteiger partial charge in [0.1, 0.15) is 69.6 Å². The van der Waals surface area contributed by atoms with Gasteiger partial charge in [-0.05, 0) is 230 Å². The van der Waals surface area contributed by atoms with Crippen molar-refractivity contribution < 1.29 is 57.9 Å². The van der Waals surface area contributed by atoms with Gasteiger partial charge in [0, 0.05) is 82.1 Å². The molecule has 2 aliphatic rings. The van der Waals surface area contributed by atoms with Crippen LogP contribution in [0, 0.1) is 55.4 Å². The fourth-order valence-electron chi connectivity index (χ4n) is 17.3. The lowest BCUT2D eigenvalue weighted by Crippen LogP contribution is -2.55. The second kappa shape index (κ2) is 31.4. The van der Waals surface area contributed by atoms with E-state index in [1.54, 1.807) is 58.3 Å². The lowest BCUT2D eigenvalue weighted by molar-refractivity contribution is -0.137. The summed E-state index contributed by atoms with van der Waals surface area (Å²) in [7, 11) is 0. The molecule has 0 fully saturated rings. The van der Waals surface area contributed by atoms with Crippen molar-refractivity contribution in [2.45, 2.75) is 106 Å². The number of aryl methyl sites for hydroxylation is 8. The van der Waals surface area contributed by atoms with Crippen molar-refractivity contribution in [3.05, 3.63) is 367 Å². The number of aromatic hydroxyl groups is 2. The van der Waals surface area contributed by atoms with Gasteiger partial charge in [0.05, 0.1) is 22.3 Å². The molecule has 0 saturated carbocycles. The minimum Gasteiger partial charge on any atom is -0.508 e. The van der Waals surface area contributed by atoms with Gasteiger partial charge in [-0.3, -0.25) is 38.6 Å². The molecule has 0 bridgehead atoms. The molecule has 0 aromatic heterocycles. The molecule has 2 atom stereocenters. The van der Waals surface area contributed by atoms with Crippen molar-refractivity contribution in [2.24, 2.45) is 0 Å². The predicted molar refractivity (Wildman–Crippen MR) is 458 cm³/mol. The Hall–Kier alpha value is -14.4. The zero-order valence-corrected chi connectivity index (χ0v) is 66.6. The Labute approximate surface area is 683 Å². The normalized spacial score (nSPS) is 13.1. The van der Waals surface area contributed by atoms with Gasteiger partial charge in [-0.15, -0.1) is 0 Å². The Balaban J connectivity index is 0.994. The zero-order chi connectivity index (χ0) is 81.9. The van der Waals surface area contributed by atoms with Crippen molar-refractivity contribution in [1.82, 2.24) is 19.6 Å². The largest absolute Gasteiger partial charge is 0.508 e. The average Bonchev–Trinajstić information content (AvgIpc) is 0.669. The van der Waals surface area contributed by atoms with Crippen LogP contribution in [-0.2, 0) is 48.6 Å². The first-order valence-electron chi connectivity index (χ1n) is 39.5. The molecular formula is C102H84N4O12. The van der Waals surface area contributed by atoms with Crippen molar-refractivity contribution in [2.75, 3.05) is 0 Å². The van der Waals surface area contributed by atoms with E-state index in [2.05, 4.69) is 0 Å². The lowest BCUT2D eigenvalue weighted by atomic mass is 9.80. The Morgan fingerprint density at radius 1 is 0.280 bits per heavy atom. The second-order valence-electron chi connectivity index (χ2n) is 31.5. The van der Waals surface area contributed by atoms with E-state index in [1.165, 1.54) is 24.3 Å². The minimum atomic E-state index is -1.53. The molecule has 0 aliphatic carbocycles. The molecule has 2 heterocycles. The van der Waals surface area contributed by atoms with Gasteiger partial charge in [0.15, 0.2) is 0 Å². The molecule has 16 nitrogen and oxygen atoms in total. The summed E-state index contributed by atoms with van der Waals surface area (Å²) in [6, 6.07) is 77.2. The number of imide groups is 2. The number of nitrogens with zero attached hydrogens (tertiary/aromatic N) is 4. The van der Waals surface area contributed by atoms with E-state index in [1.807, 2.05) is 250 Å². The standard InChI is InChI=1S/C102H84N4O12/c1-59-37-60(2)42-75(41-59)115-85-51-79-89-80(98(110)105(97(79)109)83(49-67-29-33-73(107)34-30-67)101(113)103(55-69-21-13-9-14-22-69)56-70-23-15-10-16-24-70)53-87(117-77-45-63(5)39-64(6)46-77)93-94-88(118-78-47-65(7)40-66(8)48-78)54-82-90-81(52-86(92(96(90)94)91(85)95(89)93)116-76-43-61(3)38-62(4)44-76)99(111)106(100(82)112)84(50-68-31-35-74(108)36-32-68)102(114)104(57-71-25-17-11-18-26-71)58-72-27-19-12-20-28-72/h9-48,51-54,83-84,107-108H,49-50,55-58H2,1-8H3. The summed E-state index contributed by atoms with van der Waals surface area (Å²) in [5.41, 5.74) is 11.0. The number of fused-ring (bicyclic) bond motifs is 2. The maximum Gasteiger partial charge on any atom is 0.262 e. The molecule has 16 heteroatoms. The Bertz CT molecular complexity index is 5740. The molecule has 15 aromatic carbocycles. The number of hydrogen-bond donors (Lipinski definition) is 2. The zero-order valence-electron chi connectivity index (χ0n) is 66.6. The van der Waals surface area contributed by atoms with Crippen molar-refractivity contribution in [3.63, 3.8) is 0 Å². The average molecular weight is 1560 g/mol. The van der Waals surface area contributed by atoms with Gasteiger partial charge in [-0.25, -0.2) is 0 Å². The number of amides is 6. The molecule has 0 saturated heterocycles. The van der Waals surface area contributed by atoms with Crippen LogP contribution in [0.25, 0.3) is 43.1 Å². The third-order valence-corrected chi connectivity index (χ3v) is 22.1. The van der Waals surface area contributed by atoms with Crippen LogP contribution in [0.15, 0.2) is 267 Å². The van der Waals surface area contributed by atoms with Crippen LogP contribution in [0.3, 0.4) is 0 Å². The van der Waals surface area contributed by atoms with E-state index in [4.69, 9.17) is 18.9 Å². The Morgan fingerprint density at radius 3 is 0.720 bits per heavy atom. The molecule has 584 valence electrons. The quantitative estimate of drug-likeness (QED) is 0.0331. The molecule has 0 radical (unpaired) electrons. The highest BCUT2D eigenvalue weighted by molar-refractivity contribution is 6.45. The maximum absolute atomic E-state index is 17.2. The Kier molecular flexibility index (Phi) is 20.3. The summed E-state index contributed by atoms with van der Waals surface area (Å²) in [6.45, 7) is 16.0. The molecule has 17 rings (SSSR count). The molecule has 2 N–H and O–H groups in total. The SMILES string of the molecule is Cc1cc(C)cc(Oc2cc3c4c(cc(Oc5cc(C)cc(C)c5)c5c6c(Oc7cc(C)cc(C)c7)cc7c8c(cc(Oc9cc(C)cc(C)c9)c(c2c45)c86)C(=O)N(C(Cc2ccc(O)cc2)C(=O)N(Cc2ccccc2)Cc2ccccc2)C7=O)C(=O)N(C(Cc2ccc(O)cc2)C(=O)N(Cc2ccccc2)Cc2ccccc2)C3=O)c1. The molecule has 118 heavy (non-hydrogen) atoms. The number of rotatable bonds is 24. The smallest absolute Gasteiger partial charge is 0.262 e. The fourth-order valence-corrected chi connectivity index (χ4v) is 17.3. The van der Waals surface area contributed by atoms with E-state index in [0.29, 0.717) is 34.1 Å². The van der Waals surface area contributed by atoms with Gasteiger partial charge >= 0.3 is 0 Å². The number of hydrogen-bond acceptors (Lipinski definition) is 12. The van der Waals surface area contributed by atoms with Crippen molar-refractivity contribution in [1.29, 1.82) is 0 Å².